The number of aliphatic hydroxyl groups excluding tert-OH is 2. The van der Waals surface area contributed by atoms with Crippen LogP contribution in [0.4, 0.5) is 13.2 Å². The minimum absolute atomic E-state index is 0.0925. The average molecular weight is 340 g/mol. The van der Waals surface area contributed by atoms with Gasteiger partial charge in [-0.15, -0.1) is 0 Å². The maximum atomic E-state index is 12.7. The highest BCUT2D eigenvalue weighted by Crippen LogP contribution is 2.29. The summed E-state index contributed by atoms with van der Waals surface area (Å²) in [6, 6.07) is 9.49. The number of alkyl halides is 3. The van der Waals surface area contributed by atoms with Gasteiger partial charge in [-0.2, -0.15) is 13.2 Å². The summed E-state index contributed by atoms with van der Waals surface area (Å²) in [6.07, 6.45) is -5.63. The van der Waals surface area contributed by atoms with E-state index in [0.29, 0.717) is 5.56 Å². The Bertz CT molecular complexity index is 720. The molecule has 8 heteroatoms. The van der Waals surface area contributed by atoms with Gasteiger partial charge in [0.2, 0.25) is 0 Å². The minimum atomic E-state index is -4.55. The van der Waals surface area contributed by atoms with Gasteiger partial charge in [-0.3, -0.25) is 4.79 Å². The van der Waals surface area contributed by atoms with Crippen molar-refractivity contribution in [1.29, 1.82) is 0 Å². The predicted molar refractivity (Wildman–Crippen MR) is 80.1 cm³/mol. The van der Waals surface area contributed by atoms with E-state index in [0.717, 1.165) is 6.07 Å². The third kappa shape index (κ3) is 4.53. The molecule has 1 aromatic carbocycles. The van der Waals surface area contributed by atoms with Gasteiger partial charge in [-0.1, -0.05) is 18.2 Å². The molecule has 1 aromatic heterocycles. The minimum Gasteiger partial charge on any atom is -0.394 e. The van der Waals surface area contributed by atoms with Gasteiger partial charge in [0.15, 0.2) is 0 Å². The molecular formula is C16H15F3N2O3. The van der Waals surface area contributed by atoms with Crippen LogP contribution in [0.25, 0.3) is 11.3 Å². The lowest BCUT2D eigenvalue weighted by Gasteiger charge is -2.10. The average Bonchev–Trinajstić information content (AvgIpc) is 2.58. The second-order valence-corrected chi connectivity index (χ2v) is 5.03. The summed E-state index contributed by atoms with van der Waals surface area (Å²) in [6.45, 7) is -0.629. The van der Waals surface area contributed by atoms with E-state index in [1.165, 1.54) is 30.3 Å². The maximum absolute atomic E-state index is 12.7. The normalized spacial score (nSPS) is 12.7. The van der Waals surface area contributed by atoms with Crippen LogP contribution < -0.4 is 5.32 Å². The van der Waals surface area contributed by atoms with Crippen LogP contribution in [0.2, 0.25) is 0 Å². The van der Waals surface area contributed by atoms with E-state index < -0.39 is 30.5 Å². The Balaban J connectivity index is 2.23. The van der Waals surface area contributed by atoms with E-state index in [1.54, 1.807) is 6.07 Å². The second kappa shape index (κ2) is 7.41. The number of aromatic nitrogens is 1. The van der Waals surface area contributed by atoms with Crippen LogP contribution >= 0.6 is 0 Å². The lowest BCUT2D eigenvalue weighted by Crippen LogP contribution is -2.33. The lowest BCUT2D eigenvalue weighted by molar-refractivity contribution is -0.141. The number of carbonyl (C=O) groups is 1. The van der Waals surface area contributed by atoms with Crippen LogP contribution in [0.3, 0.4) is 0 Å². The van der Waals surface area contributed by atoms with E-state index in [9.17, 15) is 23.1 Å². The summed E-state index contributed by atoms with van der Waals surface area (Å²) in [5.74, 6) is -0.517. The molecule has 2 aromatic rings. The quantitative estimate of drug-likeness (QED) is 0.776. The molecule has 0 radical (unpaired) electrons. The topological polar surface area (TPSA) is 82.5 Å². The number of nitrogens with zero attached hydrogens (tertiary/aromatic N) is 1. The molecule has 1 heterocycles. The largest absolute Gasteiger partial charge is 0.433 e. The molecule has 0 unspecified atom stereocenters. The molecule has 1 amide bonds. The molecule has 3 N–H and O–H groups in total. The van der Waals surface area contributed by atoms with Crippen molar-refractivity contribution >= 4 is 5.91 Å². The first-order chi connectivity index (χ1) is 11.3. The Morgan fingerprint density at radius 1 is 1.21 bits per heavy atom. The van der Waals surface area contributed by atoms with Gasteiger partial charge in [0.25, 0.3) is 5.91 Å². The number of hydrogen-bond acceptors (Lipinski definition) is 4. The Labute approximate surface area is 135 Å². The van der Waals surface area contributed by atoms with Crippen molar-refractivity contribution in [3.05, 3.63) is 53.7 Å². The van der Waals surface area contributed by atoms with Crippen molar-refractivity contribution in [2.24, 2.45) is 0 Å². The molecule has 1 atom stereocenters. The van der Waals surface area contributed by atoms with Gasteiger partial charge in [0, 0.05) is 17.7 Å². The molecule has 0 aliphatic rings. The number of carbonyl (C=O) groups excluding carboxylic acids is 1. The van der Waals surface area contributed by atoms with Crippen molar-refractivity contribution in [2.75, 3.05) is 13.2 Å². The molecule has 0 saturated carbocycles. The summed E-state index contributed by atoms with van der Waals surface area (Å²) < 4.78 is 38.2. The second-order valence-electron chi connectivity index (χ2n) is 5.03. The summed E-state index contributed by atoms with van der Waals surface area (Å²) in [5, 5.41) is 20.3. The van der Waals surface area contributed by atoms with Crippen LogP contribution in [0.1, 0.15) is 16.1 Å². The first kappa shape index (κ1) is 17.9. The number of halogens is 3. The van der Waals surface area contributed by atoms with Gasteiger partial charge in [0.05, 0.1) is 18.4 Å². The van der Waals surface area contributed by atoms with Gasteiger partial charge in [-0.25, -0.2) is 4.98 Å². The Hall–Kier alpha value is -2.45. The first-order valence-corrected chi connectivity index (χ1v) is 7.03. The van der Waals surface area contributed by atoms with Crippen molar-refractivity contribution in [2.45, 2.75) is 12.3 Å². The van der Waals surface area contributed by atoms with E-state index in [2.05, 4.69) is 10.3 Å². The molecule has 0 saturated heterocycles. The fourth-order valence-electron chi connectivity index (χ4n) is 1.95. The van der Waals surface area contributed by atoms with Crippen molar-refractivity contribution < 1.29 is 28.2 Å². The van der Waals surface area contributed by atoms with E-state index in [1.807, 2.05) is 0 Å². The highest BCUT2D eigenvalue weighted by atomic mass is 19.4. The van der Waals surface area contributed by atoms with Crippen LogP contribution in [0, 0.1) is 0 Å². The number of rotatable bonds is 5. The monoisotopic (exact) mass is 340 g/mol. The number of pyridine rings is 1. The summed E-state index contributed by atoms with van der Waals surface area (Å²) >= 11 is 0. The fraction of sp³-hybridized carbons (Fsp3) is 0.250. The number of hydrogen-bond donors (Lipinski definition) is 3. The van der Waals surface area contributed by atoms with Crippen molar-refractivity contribution in [3.8, 4) is 11.3 Å². The molecule has 0 fully saturated rings. The SMILES string of the molecule is O=C(NC[C@@H](O)CO)c1cccc(-c2cccc(C(F)(F)F)n2)c1. The molecule has 24 heavy (non-hydrogen) atoms. The Morgan fingerprint density at radius 3 is 2.58 bits per heavy atom. The summed E-state index contributed by atoms with van der Waals surface area (Å²) in [7, 11) is 0. The smallest absolute Gasteiger partial charge is 0.394 e. The third-order valence-electron chi connectivity index (χ3n) is 3.17. The van der Waals surface area contributed by atoms with E-state index >= 15 is 0 Å². The molecule has 2 rings (SSSR count). The highest BCUT2D eigenvalue weighted by molar-refractivity contribution is 5.95. The standard InChI is InChI=1S/C16H15F3N2O3/c17-16(18,19)14-6-2-5-13(21-14)10-3-1-4-11(7-10)15(24)20-8-12(23)9-22/h1-7,12,22-23H,8-9H2,(H,20,24)/t12-/m1/s1. The van der Waals surface area contributed by atoms with Gasteiger partial charge in [-0.05, 0) is 24.3 Å². The molecule has 0 spiro atoms. The van der Waals surface area contributed by atoms with Gasteiger partial charge < -0.3 is 15.5 Å². The molecule has 0 aliphatic heterocycles. The third-order valence-corrected chi connectivity index (χ3v) is 3.17. The molecule has 0 aliphatic carbocycles. The van der Waals surface area contributed by atoms with Crippen LogP contribution in [0.15, 0.2) is 42.5 Å². The highest BCUT2D eigenvalue weighted by Gasteiger charge is 2.32. The number of nitrogens with one attached hydrogen (secondary N) is 1. The van der Waals surface area contributed by atoms with E-state index in [-0.39, 0.29) is 17.8 Å². The van der Waals surface area contributed by atoms with Gasteiger partial charge >= 0.3 is 6.18 Å². The Kier molecular flexibility index (Phi) is 5.53. The fourth-order valence-corrected chi connectivity index (χ4v) is 1.95. The van der Waals surface area contributed by atoms with Gasteiger partial charge in [0.1, 0.15) is 5.69 Å². The summed E-state index contributed by atoms with van der Waals surface area (Å²) in [4.78, 5) is 15.5. The first-order valence-electron chi connectivity index (χ1n) is 7.03. The zero-order valence-corrected chi connectivity index (χ0v) is 12.4. The maximum Gasteiger partial charge on any atom is 0.433 e. The number of benzene rings is 1. The predicted octanol–water partition coefficient (Wildman–Crippen LogP) is 1.85. The molecular weight excluding hydrogens is 325 g/mol. The lowest BCUT2D eigenvalue weighted by atomic mass is 10.1. The molecule has 128 valence electrons. The van der Waals surface area contributed by atoms with Crippen LogP contribution in [-0.2, 0) is 6.18 Å². The molecule has 0 bridgehead atoms. The zero-order valence-electron chi connectivity index (χ0n) is 12.4. The van der Waals surface area contributed by atoms with Crippen LogP contribution in [0.5, 0.6) is 0 Å². The number of aliphatic hydroxyl groups is 2. The van der Waals surface area contributed by atoms with E-state index in [4.69, 9.17) is 5.11 Å². The summed E-state index contributed by atoms with van der Waals surface area (Å²) in [5.41, 5.74) is -0.357. The zero-order chi connectivity index (χ0) is 17.7. The van der Waals surface area contributed by atoms with Crippen molar-refractivity contribution in [3.63, 3.8) is 0 Å². The van der Waals surface area contributed by atoms with Crippen molar-refractivity contribution in [1.82, 2.24) is 10.3 Å². The Morgan fingerprint density at radius 2 is 1.92 bits per heavy atom. The van der Waals surface area contributed by atoms with Crippen LogP contribution in [-0.4, -0.2) is 40.4 Å². The number of amides is 1. The molecule has 5 nitrogen and oxygen atoms in total.